The maximum atomic E-state index is 12.6. The van der Waals surface area contributed by atoms with Crippen LogP contribution in [-0.4, -0.2) is 78.1 Å². The second-order valence-electron chi connectivity index (χ2n) is 8.92. The van der Waals surface area contributed by atoms with Crippen molar-refractivity contribution in [3.05, 3.63) is 59.3 Å². The van der Waals surface area contributed by atoms with Crippen LogP contribution in [0.1, 0.15) is 18.5 Å². The summed E-state index contributed by atoms with van der Waals surface area (Å²) in [5.41, 5.74) is 2.02. The molecular formula is C24H28ClN9O3. The summed E-state index contributed by atoms with van der Waals surface area (Å²) in [6, 6.07) is 6.04. The van der Waals surface area contributed by atoms with Crippen LogP contribution >= 0.6 is 12.4 Å². The van der Waals surface area contributed by atoms with Crippen molar-refractivity contribution in [3.8, 4) is 17.3 Å². The van der Waals surface area contributed by atoms with Crippen molar-refractivity contribution >= 4 is 23.6 Å². The number of hydrogen-bond acceptors (Lipinski definition) is 10. The van der Waals surface area contributed by atoms with Crippen LogP contribution in [0, 0.1) is 0 Å². The van der Waals surface area contributed by atoms with Crippen LogP contribution < -0.4 is 20.3 Å². The Hall–Kier alpha value is -3.61. The minimum Gasteiger partial charge on any atom is -0.486 e. The second kappa shape index (κ2) is 11.2. The van der Waals surface area contributed by atoms with Gasteiger partial charge in [-0.05, 0) is 38.1 Å². The van der Waals surface area contributed by atoms with E-state index in [-0.39, 0.29) is 18.0 Å². The van der Waals surface area contributed by atoms with Crippen LogP contribution in [0.5, 0.6) is 11.5 Å². The van der Waals surface area contributed by atoms with Crippen LogP contribution in [0.3, 0.4) is 0 Å². The minimum atomic E-state index is -0.158. The van der Waals surface area contributed by atoms with Gasteiger partial charge in [-0.25, -0.2) is 19.6 Å². The number of nitrogens with one attached hydrogen (secondary N) is 1. The van der Waals surface area contributed by atoms with Crippen LogP contribution in [0.4, 0.5) is 0 Å². The summed E-state index contributed by atoms with van der Waals surface area (Å²) in [4.78, 5) is 32.4. The Balaban J connectivity index is 0.00000280. The van der Waals surface area contributed by atoms with Gasteiger partial charge in [0.15, 0.2) is 23.0 Å². The summed E-state index contributed by atoms with van der Waals surface area (Å²) in [6.07, 6.45) is 8.20. The van der Waals surface area contributed by atoms with E-state index >= 15 is 0 Å². The number of likely N-dealkylation sites (tertiary alicyclic amines) is 1. The van der Waals surface area contributed by atoms with E-state index < -0.39 is 0 Å². The van der Waals surface area contributed by atoms with Crippen LogP contribution in [0.15, 0.2) is 48.0 Å². The van der Waals surface area contributed by atoms with Gasteiger partial charge in [0.25, 0.3) is 5.56 Å². The summed E-state index contributed by atoms with van der Waals surface area (Å²) in [5, 5.41) is 7.75. The van der Waals surface area contributed by atoms with Crippen molar-refractivity contribution in [2.45, 2.75) is 32.0 Å². The number of piperidine rings is 1. The molecular weight excluding hydrogens is 498 g/mol. The molecule has 0 radical (unpaired) electrons. The molecule has 0 aliphatic carbocycles. The molecule has 1 fully saturated rings. The molecule has 0 unspecified atom stereocenters. The zero-order valence-electron chi connectivity index (χ0n) is 20.2. The van der Waals surface area contributed by atoms with Gasteiger partial charge in [-0.1, -0.05) is 0 Å². The predicted molar refractivity (Wildman–Crippen MR) is 137 cm³/mol. The summed E-state index contributed by atoms with van der Waals surface area (Å²) in [6.45, 7) is 5.07. The molecule has 6 heterocycles. The van der Waals surface area contributed by atoms with E-state index in [0.29, 0.717) is 55.1 Å². The zero-order chi connectivity index (χ0) is 24.3. The molecule has 0 spiro atoms. The lowest BCUT2D eigenvalue weighted by molar-refractivity contribution is 0.170. The molecule has 0 atom stereocenters. The number of nitrogens with zero attached hydrogens (tertiary/aromatic N) is 8. The highest BCUT2D eigenvalue weighted by Crippen LogP contribution is 2.29. The average Bonchev–Trinajstić information content (AvgIpc) is 3.47. The molecule has 0 bridgehead atoms. The summed E-state index contributed by atoms with van der Waals surface area (Å²) in [5.74, 6) is 2.08. The number of fused-ring (bicyclic) bond motifs is 2. The smallest absolute Gasteiger partial charge is 0.270 e. The van der Waals surface area contributed by atoms with Gasteiger partial charge < -0.3 is 19.7 Å². The van der Waals surface area contributed by atoms with E-state index in [1.165, 1.54) is 12.5 Å². The van der Waals surface area contributed by atoms with Gasteiger partial charge >= 0.3 is 0 Å². The van der Waals surface area contributed by atoms with Crippen LogP contribution in [-0.2, 0) is 13.1 Å². The Labute approximate surface area is 219 Å². The van der Waals surface area contributed by atoms with Gasteiger partial charge in [0.05, 0.1) is 18.1 Å². The van der Waals surface area contributed by atoms with Crippen LogP contribution in [0.2, 0.25) is 0 Å². The maximum absolute atomic E-state index is 12.6. The fourth-order valence-corrected chi connectivity index (χ4v) is 4.64. The first-order valence-electron chi connectivity index (χ1n) is 12.1. The normalized spacial score (nSPS) is 16.0. The number of aromatic nitrogens is 7. The fraction of sp³-hybridized carbons (Fsp3) is 0.417. The molecule has 12 nitrogen and oxygen atoms in total. The van der Waals surface area contributed by atoms with Crippen LogP contribution in [0.25, 0.3) is 17.0 Å². The third-order valence-electron chi connectivity index (χ3n) is 6.61. The Kier molecular flexibility index (Phi) is 7.58. The Morgan fingerprint density at radius 1 is 1.03 bits per heavy atom. The third-order valence-corrected chi connectivity index (χ3v) is 6.61. The van der Waals surface area contributed by atoms with Crippen molar-refractivity contribution < 1.29 is 9.47 Å². The summed E-state index contributed by atoms with van der Waals surface area (Å²) < 4.78 is 14.5. The maximum Gasteiger partial charge on any atom is 0.270 e. The van der Waals surface area contributed by atoms with Crippen molar-refractivity contribution in [3.63, 3.8) is 0 Å². The molecule has 2 aliphatic heterocycles. The first-order chi connectivity index (χ1) is 17.7. The van der Waals surface area contributed by atoms with E-state index in [2.05, 4.69) is 35.3 Å². The number of rotatable bonds is 7. The Morgan fingerprint density at radius 3 is 2.68 bits per heavy atom. The largest absolute Gasteiger partial charge is 0.486 e. The molecule has 0 amide bonds. The van der Waals surface area contributed by atoms with Gasteiger partial charge in [-0.3, -0.25) is 14.3 Å². The zero-order valence-corrected chi connectivity index (χ0v) is 21.0. The molecule has 4 aromatic heterocycles. The minimum absolute atomic E-state index is 0. The lowest BCUT2D eigenvalue weighted by Gasteiger charge is -2.32. The SMILES string of the molecule is Cl.O=c1cnc2ccc(-n3cncn3)nc2n1CCN1CCC(NCc2cc3c(cn2)OCCO3)CC1. The quantitative estimate of drug-likeness (QED) is 0.376. The highest BCUT2D eigenvalue weighted by Gasteiger charge is 2.20. The molecule has 6 rings (SSSR count). The lowest BCUT2D eigenvalue weighted by atomic mass is 10.0. The van der Waals surface area contributed by atoms with E-state index in [9.17, 15) is 4.79 Å². The summed E-state index contributed by atoms with van der Waals surface area (Å²) >= 11 is 0. The molecule has 37 heavy (non-hydrogen) atoms. The lowest BCUT2D eigenvalue weighted by Crippen LogP contribution is -2.43. The summed E-state index contributed by atoms with van der Waals surface area (Å²) in [7, 11) is 0. The molecule has 2 aliphatic rings. The van der Waals surface area contributed by atoms with E-state index in [0.717, 1.165) is 43.9 Å². The van der Waals surface area contributed by atoms with E-state index in [4.69, 9.17) is 9.47 Å². The molecule has 0 saturated carbocycles. The number of hydrogen-bond donors (Lipinski definition) is 1. The topological polar surface area (TPSA) is 125 Å². The van der Waals surface area contributed by atoms with Crippen molar-refractivity contribution in [1.29, 1.82) is 0 Å². The van der Waals surface area contributed by atoms with E-state index in [1.807, 2.05) is 18.2 Å². The highest BCUT2D eigenvalue weighted by molar-refractivity contribution is 5.85. The molecule has 1 N–H and O–H groups in total. The molecule has 1 saturated heterocycles. The van der Waals surface area contributed by atoms with Gasteiger partial charge in [0.1, 0.15) is 31.4 Å². The monoisotopic (exact) mass is 525 g/mol. The molecule has 13 heteroatoms. The Morgan fingerprint density at radius 2 is 1.86 bits per heavy atom. The first kappa shape index (κ1) is 25.1. The fourth-order valence-electron chi connectivity index (χ4n) is 4.64. The van der Waals surface area contributed by atoms with Gasteiger partial charge in [-0.2, -0.15) is 5.10 Å². The van der Waals surface area contributed by atoms with Gasteiger partial charge in [0, 0.05) is 31.7 Å². The van der Waals surface area contributed by atoms with Gasteiger partial charge in [-0.15, -0.1) is 12.4 Å². The Bertz CT molecular complexity index is 1400. The number of halogens is 1. The first-order valence-corrected chi connectivity index (χ1v) is 12.1. The standard InChI is InChI=1S/C24H27N9O3.ClH/c34-23-14-28-19-1-2-22(33-16-25-15-29-33)30-24(19)32(23)8-7-31-5-3-17(4-6-31)26-12-18-11-20-21(13-27-18)36-10-9-35-20;/h1-2,11,13-17,26H,3-10,12H2;1H. The van der Waals surface area contributed by atoms with Crippen molar-refractivity contribution in [2.75, 3.05) is 32.8 Å². The van der Waals surface area contributed by atoms with Crippen molar-refractivity contribution in [2.24, 2.45) is 0 Å². The average molecular weight is 526 g/mol. The predicted octanol–water partition coefficient (Wildman–Crippen LogP) is 1.21. The van der Waals surface area contributed by atoms with Gasteiger partial charge in [0.2, 0.25) is 0 Å². The second-order valence-corrected chi connectivity index (χ2v) is 8.92. The number of ether oxygens (including phenoxy) is 2. The third kappa shape index (κ3) is 5.55. The number of pyridine rings is 2. The molecule has 0 aromatic carbocycles. The van der Waals surface area contributed by atoms with Crippen molar-refractivity contribution in [1.82, 2.24) is 44.5 Å². The molecule has 4 aromatic rings. The molecule has 194 valence electrons. The highest BCUT2D eigenvalue weighted by atomic mass is 35.5. The van der Waals surface area contributed by atoms with E-state index in [1.54, 1.807) is 21.8 Å².